The van der Waals surface area contributed by atoms with Gasteiger partial charge in [-0.3, -0.25) is 0 Å². The summed E-state index contributed by atoms with van der Waals surface area (Å²) in [6, 6.07) is 0. The van der Waals surface area contributed by atoms with Crippen molar-refractivity contribution >= 4 is 11.5 Å². The molecule has 24 heavy (non-hydrogen) atoms. The lowest BCUT2D eigenvalue weighted by atomic mass is 10.0. The number of nitrogens with one attached hydrogen (secondary N) is 1. The maximum atomic E-state index is 13.3. The van der Waals surface area contributed by atoms with Crippen LogP contribution in [-0.2, 0) is 13.0 Å². The average Bonchev–Trinajstić information content (AvgIpc) is 3.26. The quantitative estimate of drug-likeness (QED) is 0.839. The third-order valence-electron chi connectivity index (χ3n) is 4.28. The van der Waals surface area contributed by atoms with Gasteiger partial charge in [-0.15, -0.1) is 5.10 Å². The zero-order valence-corrected chi connectivity index (χ0v) is 13.9. The Hall–Kier alpha value is -2.50. The lowest BCUT2D eigenvalue weighted by molar-refractivity contribution is 0.383. The summed E-state index contributed by atoms with van der Waals surface area (Å²) in [5.74, 6) is 0.631. The molecule has 3 rings (SSSR count). The Bertz CT molecular complexity index is 738. The molecule has 0 bridgehead atoms. The molecule has 0 aromatic carbocycles. The first-order valence-corrected chi connectivity index (χ1v) is 8.30. The molecule has 0 aliphatic carbocycles. The van der Waals surface area contributed by atoms with Gasteiger partial charge in [-0.2, -0.15) is 5.10 Å². The maximum absolute atomic E-state index is 13.3. The molecule has 2 aliphatic heterocycles. The molecule has 5 nitrogen and oxygen atoms in total. The van der Waals surface area contributed by atoms with Crippen LogP contribution < -0.4 is 0 Å². The third kappa shape index (κ3) is 3.53. The van der Waals surface area contributed by atoms with Crippen LogP contribution in [0.4, 0.5) is 4.39 Å². The summed E-state index contributed by atoms with van der Waals surface area (Å²) in [5.41, 5.74) is 4.25. The fourth-order valence-electron chi connectivity index (χ4n) is 2.97. The largest absolute Gasteiger partial charge is 0.352 e. The molecule has 0 unspecified atom stereocenters. The molecule has 126 valence electrons. The molecule has 0 spiro atoms. The van der Waals surface area contributed by atoms with Crippen molar-refractivity contribution in [3.05, 3.63) is 53.9 Å². The first-order chi connectivity index (χ1) is 11.7. The van der Waals surface area contributed by atoms with E-state index in [2.05, 4.69) is 38.6 Å². The molecule has 1 N–H and O–H groups in total. The second kappa shape index (κ2) is 7.38. The Morgan fingerprint density at radius 3 is 3.08 bits per heavy atom. The number of amidine groups is 1. The van der Waals surface area contributed by atoms with E-state index >= 15 is 0 Å². The Morgan fingerprint density at radius 1 is 1.42 bits per heavy atom. The van der Waals surface area contributed by atoms with Gasteiger partial charge in [-0.05, 0) is 24.1 Å². The van der Waals surface area contributed by atoms with Gasteiger partial charge in [-0.25, -0.2) is 9.37 Å². The minimum Gasteiger partial charge on any atom is -0.352 e. The summed E-state index contributed by atoms with van der Waals surface area (Å²) in [6.45, 7) is 7.22. The van der Waals surface area contributed by atoms with Gasteiger partial charge in [0.15, 0.2) is 0 Å². The van der Waals surface area contributed by atoms with Gasteiger partial charge in [0.1, 0.15) is 11.7 Å². The van der Waals surface area contributed by atoms with Crippen molar-refractivity contribution in [2.24, 2.45) is 10.2 Å². The van der Waals surface area contributed by atoms with E-state index in [1.165, 1.54) is 12.2 Å². The van der Waals surface area contributed by atoms with Gasteiger partial charge in [0.2, 0.25) is 0 Å². The van der Waals surface area contributed by atoms with E-state index in [4.69, 9.17) is 0 Å². The molecule has 0 saturated heterocycles. The second-order valence-corrected chi connectivity index (χ2v) is 5.94. The van der Waals surface area contributed by atoms with E-state index in [-0.39, 0.29) is 5.83 Å². The average molecular weight is 327 g/mol. The van der Waals surface area contributed by atoms with Crippen molar-refractivity contribution in [2.45, 2.75) is 39.2 Å². The highest BCUT2D eigenvalue weighted by molar-refractivity contribution is 6.14. The predicted molar refractivity (Wildman–Crippen MR) is 94.6 cm³/mol. The van der Waals surface area contributed by atoms with Crippen LogP contribution in [0.15, 0.2) is 52.7 Å². The Morgan fingerprint density at radius 2 is 2.29 bits per heavy atom. The van der Waals surface area contributed by atoms with E-state index in [0.29, 0.717) is 6.42 Å². The summed E-state index contributed by atoms with van der Waals surface area (Å²) >= 11 is 0. The van der Waals surface area contributed by atoms with Crippen LogP contribution in [-0.4, -0.2) is 33.0 Å². The van der Waals surface area contributed by atoms with Crippen LogP contribution in [0, 0.1) is 0 Å². The summed E-state index contributed by atoms with van der Waals surface area (Å²) in [6.07, 6.45) is 9.62. The van der Waals surface area contributed by atoms with Gasteiger partial charge in [0.05, 0.1) is 36.4 Å². The van der Waals surface area contributed by atoms with E-state index in [9.17, 15) is 4.39 Å². The zero-order valence-electron chi connectivity index (χ0n) is 13.9. The second-order valence-electron chi connectivity index (χ2n) is 5.94. The number of aromatic nitrogens is 2. The molecule has 3 heterocycles. The van der Waals surface area contributed by atoms with Gasteiger partial charge in [0, 0.05) is 13.0 Å². The molecule has 0 saturated carbocycles. The van der Waals surface area contributed by atoms with Crippen LogP contribution in [0.3, 0.4) is 0 Å². The third-order valence-corrected chi connectivity index (χ3v) is 4.28. The van der Waals surface area contributed by atoms with Crippen LogP contribution >= 0.6 is 0 Å². The number of hydrogen-bond acceptors (Lipinski definition) is 4. The van der Waals surface area contributed by atoms with Gasteiger partial charge in [-0.1, -0.05) is 26.0 Å². The molecule has 0 amide bonds. The molecule has 1 aromatic rings. The van der Waals surface area contributed by atoms with Crippen LogP contribution in [0.1, 0.15) is 37.6 Å². The summed E-state index contributed by atoms with van der Waals surface area (Å²) in [4.78, 5) is 9.75. The van der Waals surface area contributed by atoms with Gasteiger partial charge >= 0.3 is 0 Å². The number of nitrogens with zero attached hydrogens (tertiary/aromatic N) is 4. The highest BCUT2D eigenvalue weighted by Gasteiger charge is 2.25. The molecule has 6 heteroatoms. The summed E-state index contributed by atoms with van der Waals surface area (Å²) in [5, 5.41) is 8.72. The van der Waals surface area contributed by atoms with Crippen molar-refractivity contribution < 1.29 is 4.39 Å². The van der Waals surface area contributed by atoms with Crippen LogP contribution in [0.2, 0.25) is 0 Å². The highest BCUT2D eigenvalue weighted by atomic mass is 19.1. The number of allylic oxidation sites excluding steroid dienone is 5. The SMILES string of the molecule is C=C/C(F)=C\C=C(/CCC)C1=NN=C(N2CCc3nc[nH]c3C2)C1. The fraction of sp³-hybridized carbons (Fsp3) is 0.389. The highest BCUT2D eigenvalue weighted by Crippen LogP contribution is 2.22. The Kier molecular flexibility index (Phi) is 5.03. The minimum absolute atomic E-state index is 0.342. The van der Waals surface area contributed by atoms with Crippen LogP contribution in [0.25, 0.3) is 0 Å². The van der Waals surface area contributed by atoms with E-state index in [0.717, 1.165) is 60.9 Å². The van der Waals surface area contributed by atoms with E-state index in [1.54, 1.807) is 12.4 Å². The lowest BCUT2D eigenvalue weighted by Gasteiger charge is -2.27. The van der Waals surface area contributed by atoms with Crippen molar-refractivity contribution in [1.82, 2.24) is 14.9 Å². The van der Waals surface area contributed by atoms with E-state index in [1.807, 2.05) is 0 Å². The molecule has 1 aromatic heterocycles. The number of aromatic amines is 1. The van der Waals surface area contributed by atoms with Crippen molar-refractivity contribution in [1.29, 1.82) is 0 Å². The molecule has 2 aliphatic rings. The summed E-state index contributed by atoms with van der Waals surface area (Å²) < 4.78 is 13.3. The Balaban J connectivity index is 1.68. The summed E-state index contributed by atoms with van der Waals surface area (Å²) in [7, 11) is 0. The number of H-pyrrole nitrogens is 1. The van der Waals surface area contributed by atoms with Gasteiger partial charge in [0.25, 0.3) is 0 Å². The first-order valence-electron chi connectivity index (χ1n) is 8.30. The molecule has 0 atom stereocenters. The maximum Gasteiger partial charge on any atom is 0.134 e. The topological polar surface area (TPSA) is 56.6 Å². The Labute approximate surface area is 141 Å². The predicted octanol–water partition coefficient (Wildman–Crippen LogP) is 3.69. The molecule has 0 radical (unpaired) electrons. The van der Waals surface area contributed by atoms with Crippen LogP contribution in [0.5, 0.6) is 0 Å². The van der Waals surface area contributed by atoms with Gasteiger partial charge < -0.3 is 9.88 Å². The number of imidazole rings is 1. The standard InChI is InChI=1S/C18H22FN5/c1-3-5-13(6-7-14(19)4-2)16-10-18(23-22-16)24-9-8-15-17(11-24)21-12-20-15/h4,6-7,12H,2-3,5,8-11H2,1H3,(H,20,21)/b13-6+,14-7+. The fourth-order valence-corrected chi connectivity index (χ4v) is 2.97. The lowest BCUT2D eigenvalue weighted by Crippen LogP contribution is -2.36. The zero-order chi connectivity index (χ0) is 16.9. The molecular formula is C18H22FN5. The van der Waals surface area contributed by atoms with Crippen molar-refractivity contribution in [3.63, 3.8) is 0 Å². The number of hydrogen-bond donors (Lipinski definition) is 1. The normalized spacial score (nSPS) is 18.3. The number of fused-ring (bicyclic) bond motifs is 1. The van der Waals surface area contributed by atoms with Crippen molar-refractivity contribution in [3.8, 4) is 0 Å². The number of rotatable bonds is 5. The molecule has 0 fully saturated rings. The number of halogens is 1. The first kappa shape index (κ1) is 16.4. The monoisotopic (exact) mass is 327 g/mol. The smallest absolute Gasteiger partial charge is 0.134 e. The van der Waals surface area contributed by atoms with E-state index < -0.39 is 0 Å². The minimum atomic E-state index is -0.342. The molecular weight excluding hydrogens is 305 g/mol. The van der Waals surface area contributed by atoms with Crippen molar-refractivity contribution in [2.75, 3.05) is 6.54 Å².